The predicted molar refractivity (Wildman–Crippen MR) is 75.6 cm³/mol. The molecule has 0 amide bonds. The minimum atomic E-state index is 0.361. The van der Waals surface area contributed by atoms with Gasteiger partial charge >= 0.3 is 0 Å². The van der Waals surface area contributed by atoms with E-state index in [2.05, 4.69) is 18.5 Å². The molecule has 102 valence electrons. The largest absolute Gasteiger partial charge is 0.300 e. The molecule has 2 rings (SSSR count). The molecule has 2 bridgehead atoms. The molecule has 2 heterocycles. The van der Waals surface area contributed by atoms with Gasteiger partial charge in [0.2, 0.25) is 0 Å². The number of ketones is 1. The molecule has 2 nitrogen and oxygen atoms in total. The van der Waals surface area contributed by atoms with Crippen LogP contribution in [0.4, 0.5) is 0 Å². The zero-order chi connectivity index (χ0) is 13.0. The maximum Gasteiger partial charge on any atom is 0.136 e. The number of fused-ring (bicyclic) bond motifs is 2. The smallest absolute Gasteiger partial charge is 0.136 e. The number of carbonyl (C=O) groups is 1. The zero-order valence-electron chi connectivity index (χ0n) is 11.7. The first kappa shape index (κ1) is 13.8. The maximum absolute atomic E-state index is 12.3. The van der Waals surface area contributed by atoms with Gasteiger partial charge in [-0.25, -0.2) is 0 Å². The van der Waals surface area contributed by atoms with Gasteiger partial charge in [-0.05, 0) is 52.0 Å². The van der Waals surface area contributed by atoms with E-state index < -0.39 is 0 Å². The van der Waals surface area contributed by atoms with Gasteiger partial charge in [-0.2, -0.15) is 0 Å². The molecule has 0 aliphatic carbocycles. The van der Waals surface area contributed by atoms with Crippen molar-refractivity contribution in [3.63, 3.8) is 0 Å². The van der Waals surface area contributed by atoms with Gasteiger partial charge in [-0.3, -0.25) is 4.79 Å². The van der Waals surface area contributed by atoms with Crippen molar-refractivity contribution in [1.29, 1.82) is 0 Å². The van der Waals surface area contributed by atoms with E-state index in [1.54, 1.807) is 0 Å². The molecule has 0 aromatic rings. The van der Waals surface area contributed by atoms with Crippen molar-refractivity contribution in [2.45, 2.75) is 69.9 Å². The molecule has 2 heteroatoms. The fourth-order valence-electron chi connectivity index (χ4n) is 3.67. The Hall–Kier alpha value is -0.630. The van der Waals surface area contributed by atoms with Crippen LogP contribution in [0.1, 0.15) is 57.8 Å². The molecule has 0 aromatic carbocycles. The lowest BCUT2D eigenvalue weighted by atomic mass is 9.76. The molecule has 2 aliphatic rings. The summed E-state index contributed by atoms with van der Waals surface area (Å²) >= 11 is 0. The summed E-state index contributed by atoms with van der Waals surface area (Å²) in [6.07, 6.45) is 12.2. The van der Waals surface area contributed by atoms with E-state index in [4.69, 9.17) is 0 Å². The summed E-state index contributed by atoms with van der Waals surface area (Å²) in [7, 11) is 2.25. The number of allylic oxidation sites excluding steroid dienone is 1. The Labute approximate surface area is 111 Å². The quantitative estimate of drug-likeness (QED) is 0.530. The summed E-state index contributed by atoms with van der Waals surface area (Å²) in [5, 5.41) is 0. The van der Waals surface area contributed by atoms with Crippen LogP contribution in [0.3, 0.4) is 0 Å². The highest BCUT2D eigenvalue weighted by atomic mass is 16.1. The fraction of sp³-hybridized carbons (Fsp3) is 0.812. The van der Waals surface area contributed by atoms with Gasteiger partial charge < -0.3 is 4.90 Å². The number of rotatable bonds is 6. The predicted octanol–water partition coefficient (Wildman–Crippen LogP) is 3.56. The van der Waals surface area contributed by atoms with Crippen LogP contribution in [0, 0.1) is 5.92 Å². The Morgan fingerprint density at radius 2 is 1.94 bits per heavy atom. The van der Waals surface area contributed by atoms with Crippen LogP contribution in [-0.2, 0) is 4.79 Å². The highest BCUT2D eigenvalue weighted by molar-refractivity contribution is 5.81. The Morgan fingerprint density at radius 3 is 2.56 bits per heavy atom. The van der Waals surface area contributed by atoms with Crippen LogP contribution in [-0.4, -0.2) is 29.8 Å². The Balaban J connectivity index is 1.79. The van der Waals surface area contributed by atoms with E-state index in [0.29, 0.717) is 23.8 Å². The van der Waals surface area contributed by atoms with Crippen molar-refractivity contribution in [2.75, 3.05) is 7.05 Å². The molecule has 2 aliphatic heterocycles. The highest BCUT2D eigenvalue weighted by Gasteiger charge is 2.38. The number of Topliss-reactive ketones (excluding diaryl/α,β-unsaturated/α-hetero) is 1. The van der Waals surface area contributed by atoms with E-state index >= 15 is 0 Å². The van der Waals surface area contributed by atoms with Crippen LogP contribution in [0.25, 0.3) is 0 Å². The molecule has 0 aromatic heterocycles. The normalized spacial score (nSPS) is 32.2. The summed E-state index contributed by atoms with van der Waals surface area (Å²) in [6.45, 7) is 3.72. The molecule has 0 spiro atoms. The van der Waals surface area contributed by atoms with Crippen LogP contribution >= 0.6 is 0 Å². The summed E-state index contributed by atoms with van der Waals surface area (Å²) in [5.41, 5.74) is 0. The van der Waals surface area contributed by atoms with Crippen molar-refractivity contribution in [3.8, 4) is 0 Å². The Morgan fingerprint density at radius 1 is 1.28 bits per heavy atom. The van der Waals surface area contributed by atoms with Crippen LogP contribution in [0.2, 0.25) is 0 Å². The van der Waals surface area contributed by atoms with Crippen LogP contribution in [0.15, 0.2) is 12.7 Å². The summed E-state index contributed by atoms with van der Waals surface area (Å²) < 4.78 is 0. The lowest BCUT2D eigenvalue weighted by Gasteiger charge is -2.46. The maximum atomic E-state index is 12.3. The van der Waals surface area contributed by atoms with Crippen molar-refractivity contribution in [2.24, 2.45) is 5.92 Å². The van der Waals surface area contributed by atoms with Gasteiger partial charge in [-0.1, -0.05) is 12.5 Å². The minimum absolute atomic E-state index is 0.361. The Kier molecular flexibility index (Phi) is 4.99. The molecule has 2 saturated heterocycles. The third-order valence-corrected chi connectivity index (χ3v) is 4.88. The van der Waals surface area contributed by atoms with Crippen molar-refractivity contribution in [1.82, 2.24) is 4.90 Å². The third kappa shape index (κ3) is 3.23. The van der Waals surface area contributed by atoms with Crippen LogP contribution < -0.4 is 0 Å². The average molecular weight is 249 g/mol. The Bertz CT molecular complexity index is 285. The molecule has 18 heavy (non-hydrogen) atoms. The third-order valence-electron chi connectivity index (χ3n) is 4.88. The molecule has 2 fully saturated rings. The number of piperidine rings is 2. The van der Waals surface area contributed by atoms with E-state index in [-0.39, 0.29) is 0 Å². The summed E-state index contributed by atoms with van der Waals surface area (Å²) in [4.78, 5) is 14.8. The first-order valence-corrected chi connectivity index (χ1v) is 7.58. The number of carbonyl (C=O) groups excluding carboxylic acids is 1. The highest BCUT2D eigenvalue weighted by Crippen LogP contribution is 2.36. The number of hydrogen-bond acceptors (Lipinski definition) is 2. The van der Waals surface area contributed by atoms with Gasteiger partial charge in [0.25, 0.3) is 0 Å². The first-order chi connectivity index (χ1) is 8.72. The van der Waals surface area contributed by atoms with E-state index in [9.17, 15) is 4.79 Å². The fourth-order valence-corrected chi connectivity index (χ4v) is 3.67. The minimum Gasteiger partial charge on any atom is -0.300 e. The lowest BCUT2D eigenvalue weighted by Crippen LogP contribution is -2.51. The summed E-state index contributed by atoms with van der Waals surface area (Å²) in [6, 6.07) is 1.36. The molecule has 0 N–H and O–H groups in total. The monoisotopic (exact) mass is 249 g/mol. The van der Waals surface area contributed by atoms with E-state index in [1.807, 2.05) is 6.08 Å². The van der Waals surface area contributed by atoms with Gasteiger partial charge in [0.05, 0.1) is 0 Å². The van der Waals surface area contributed by atoms with Crippen molar-refractivity contribution >= 4 is 5.78 Å². The second-order valence-corrected chi connectivity index (χ2v) is 6.07. The van der Waals surface area contributed by atoms with Crippen LogP contribution in [0.5, 0.6) is 0 Å². The topological polar surface area (TPSA) is 20.3 Å². The van der Waals surface area contributed by atoms with Gasteiger partial charge in [0.15, 0.2) is 0 Å². The second kappa shape index (κ2) is 6.51. The second-order valence-electron chi connectivity index (χ2n) is 6.07. The lowest BCUT2D eigenvalue weighted by molar-refractivity contribution is -0.126. The van der Waals surface area contributed by atoms with E-state index in [1.165, 1.54) is 19.3 Å². The summed E-state index contributed by atoms with van der Waals surface area (Å²) in [5.74, 6) is 0.893. The number of nitrogens with zero attached hydrogens (tertiary/aromatic N) is 1. The molecular formula is C16H27NO. The molecular weight excluding hydrogens is 222 g/mol. The van der Waals surface area contributed by atoms with Crippen molar-refractivity contribution < 1.29 is 4.79 Å². The standard InChI is InChI=1S/C16H27NO/c1-3-4-5-6-10-16(18)13-11-14-8-7-9-15(12-13)17(14)2/h3,13-15H,1,4-12H2,2H3. The first-order valence-electron chi connectivity index (χ1n) is 7.58. The molecule has 0 saturated carbocycles. The average Bonchev–Trinajstić information content (AvgIpc) is 2.34. The number of hydrogen-bond donors (Lipinski definition) is 0. The molecule has 2 unspecified atom stereocenters. The zero-order valence-corrected chi connectivity index (χ0v) is 11.7. The molecule has 0 radical (unpaired) electrons. The molecule has 2 atom stereocenters. The SMILES string of the molecule is C=CCCCCC(=O)C1CC2CCCC(C1)N2C. The van der Waals surface area contributed by atoms with Crippen molar-refractivity contribution in [3.05, 3.63) is 12.7 Å². The van der Waals surface area contributed by atoms with E-state index in [0.717, 1.165) is 38.5 Å². The van der Waals surface area contributed by atoms with Gasteiger partial charge in [0, 0.05) is 24.4 Å². The van der Waals surface area contributed by atoms with Gasteiger partial charge in [0.1, 0.15) is 5.78 Å². The number of unbranched alkanes of at least 4 members (excludes halogenated alkanes) is 2. The van der Waals surface area contributed by atoms with Gasteiger partial charge in [-0.15, -0.1) is 6.58 Å².